The molecule has 0 saturated heterocycles. The Bertz CT molecular complexity index is 860. The fourth-order valence-electron chi connectivity index (χ4n) is 2.05. The number of anilines is 1. The number of non-ortho nitro benzene ring substituents is 1. The van der Waals surface area contributed by atoms with Gasteiger partial charge in [-0.1, -0.05) is 6.07 Å². The molecule has 8 nitrogen and oxygen atoms in total. The summed E-state index contributed by atoms with van der Waals surface area (Å²) in [6.45, 7) is 1.54. The molecule has 3 N–H and O–H groups in total. The number of rotatable bonds is 6. The molecular weight excluding hydrogens is 338 g/mol. The van der Waals surface area contributed by atoms with Crippen LogP contribution in [0.4, 0.5) is 11.4 Å². The number of aryl methyl sites for hydroxylation is 1. The summed E-state index contributed by atoms with van der Waals surface area (Å²) in [4.78, 5) is 33.6. The number of nitro groups is 1. The number of nitrogens with zero attached hydrogens (tertiary/aromatic N) is 1. The second kappa shape index (κ2) is 8.43. The van der Waals surface area contributed by atoms with Crippen LogP contribution in [-0.2, 0) is 9.59 Å². The van der Waals surface area contributed by atoms with Gasteiger partial charge in [-0.25, -0.2) is 0 Å². The van der Waals surface area contributed by atoms with Gasteiger partial charge in [0.15, 0.2) is 0 Å². The standard InChI is InChI=1S/C18H17N3O5/c1-12-2-8-15(16(22)10-12)20-18(24)11-19-17(23)9-5-13-3-6-14(7-4-13)21(25)26/h2-10,22H,11H2,1H3,(H,19,23)(H,20,24). The number of carbonyl (C=O) groups excluding carboxylic acids is 2. The molecule has 2 amide bonds. The van der Waals surface area contributed by atoms with Crippen molar-refractivity contribution in [2.24, 2.45) is 0 Å². The molecule has 2 aromatic carbocycles. The maximum absolute atomic E-state index is 11.8. The first-order chi connectivity index (χ1) is 12.3. The van der Waals surface area contributed by atoms with Crippen LogP contribution in [0.2, 0.25) is 0 Å². The molecular formula is C18H17N3O5. The number of phenolic OH excluding ortho intramolecular Hbond substituents is 1. The van der Waals surface area contributed by atoms with Crippen molar-refractivity contribution in [3.63, 3.8) is 0 Å². The van der Waals surface area contributed by atoms with Crippen molar-refractivity contribution in [2.75, 3.05) is 11.9 Å². The number of phenols is 1. The predicted molar refractivity (Wildman–Crippen MR) is 96.6 cm³/mol. The van der Waals surface area contributed by atoms with E-state index in [0.29, 0.717) is 5.56 Å². The summed E-state index contributed by atoms with van der Waals surface area (Å²) in [5.41, 5.74) is 1.68. The van der Waals surface area contributed by atoms with E-state index in [2.05, 4.69) is 10.6 Å². The molecule has 134 valence electrons. The van der Waals surface area contributed by atoms with Crippen molar-refractivity contribution in [2.45, 2.75) is 6.92 Å². The van der Waals surface area contributed by atoms with Crippen molar-refractivity contribution >= 4 is 29.3 Å². The van der Waals surface area contributed by atoms with Crippen LogP contribution in [-0.4, -0.2) is 28.4 Å². The zero-order chi connectivity index (χ0) is 19.1. The lowest BCUT2D eigenvalue weighted by molar-refractivity contribution is -0.384. The summed E-state index contributed by atoms with van der Waals surface area (Å²) in [5.74, 6) is -1.03. The minimum Gasteiger partial charge on any atom is -0.506 e. The van der Waals surface area contributed by atoms with Gasteiger partial charge in [-0.3, -0.25) is 19.7 Å². The van der Waals surface area contributed by atoms with E-state index in [0.717, 1.165) is 5.56 Å². The molecule has 0 saturated carbocycles. The lowest BCUT2D eigenvalue weighted by atomic mass is 10.2. The van der Waals surface area contributed by atoms with Gasteiger partial charge in [-0.2, -0.15) is 0 Å². The van der Waals surface area contributed by atoms with Crippen molar-refractivity contribution in [1.29, 1.82) is 0 Å². The van der Waals surface area contributed by atoms with E-state index < -0.39 is 16.7 Å². The summed E-state index contributed by atoms with van der Waals surface area (Å²) in [7, 11) is 0. The Hall–Kier alpha value is -3.68. The van der Waals surface area contributed by atoms with Crippen LogP contribution in [0.25, 0.3) is 6.08 Å². The van der Waals surface area contributed by atoms with Crippen LogP contribution in [0.5, 0.6) is 5.75 Å². The summed E-state index contributed by atoms with van der Waals surface area (Å²) >= 11 is 0. The number of hydrogen-bond acceptors (Lipinski definition) is 5. The number of hydrogen-bond donors (Lipinski definition) is 3. The first-order valence-corrected chi connectivity index (χ1v) is 7.65. The second-order valence-corrected chi connectivity index (χ2v) is 5.47. The van der Waals surface area contributed by atoms with Gasteiger partial charge in [0.1, 0.15) is 5.75 Å². The highest BCUT2D eigenvalue weighted by atomic mass is 16.6. The maximum atomic E-state index is 11.8. The zero-order valence-electron chi connectivity index (χ0n) is 13.9. The molecule has 0 aliphatic rings. The van der Waals surface area contributed by atoms with Crippen molar-refractivity contribution in [1.82, 2.24) is 5.32 Å². The molecule has 0 aliphatic heterocycles. The van der Waals surface area contributed by atoms with Gasteiger partial charge in [0.2, 0.25) is 11.8 Å². The molecule has 0 atom stereocenters. The van der Waals surface area contributed by atoms with E-state index in [9.17, 15) is 24.8 Å². The van der Waals surface area contributed by atoms with E-state index in [1.165, 1.54) is 42.5 Å². The zero-order valence-corrected chi connectivity index (χ0v) is 13.9. The van der Waals surface area contributed by atoms with Gasteiger partial charge < -0.3 is 15.7 Å². The number of aromatic hydroxyl groups is 1. The fourth-order valence-corrected chi connectivity index (χ4v) is 2.05. The quantitative estimate of drug-likeness (QED) is 0.318. The van der Waals surface area contributed by atoms with Crippen molar-refractivity contribution < 1.29 is 19.6 Å². The van der Waals surface area contributed by atoms with E-state index in [-0.39, 0.29) is 23.7 Å². The molecule has 0 bridgehead atoms. The largest absolute Gasteiger partial charge is 0.506 e. The van der Waals surface area contributed by atoms with Gasteiger partial charge in [0.05, 0.1) is 17.2 Å². The van der Waals surface area contributed by atoms with E-state index in [4.69, 9.17) is 0 Å². The van der Waals surface area contributed by atoms with Gasteiger partial charge in [-0.15, -0.1) is 0 Å². The first kappa shape index (κ1) is 18.7. The van der Waals surface area contributed by atoms with Crippen molar-refractivity contribution in [3.05, 3.63) is 69.8 Å². The number of amides is 2. The Morgan fingerprint density at radius 1 is 1.19 bits per heavy atom. The number of carbonyl (C=O) groups is 2. The van der Waals surface area contributed by atoms with E-state index >= 15 is 0 Å². The molecule has 0 spiro atoms. The highest BCUT2D eigenvalue weighted by molar-refractivity contribution is 5.98. The SMILES string of the molecule is Cc1ccc(NC(=O)CNC(=O)C=Cc2ccc([N+](=O)[O-])cc2)c(O)c1. The second-order valence-electron chi connectivity index (χ2n) is 5.47. The van der Waals surface area contributed by atoms with Crippen LogP contribution in [0.15, 0.2) is 48.5 Å². The third-order valence-electron chi connectivity index (χ3n) is 3.38. The Morgan fingerprint density at radius 2 is 1.88 bits per heavy atom. The van der Waals surface area contributed by atoms with Crippen LogP contribution >= 0.6 is 0 Å². The maximum Gasteiger partial charge on any atom is 0.269 e. The van der Waals surface area contributed by atoms with Crippen LogP contribution in [0.3, 0.4) is 0 Å². The molecule has 0 aromatic heterocycles. The Labute approximate surface area is 149 Å². The van der Waals surface area contributed by atoms with Crippen LogP contribution < -0.4 is 10.6 Å². The minimum absolute atomic E-state index is 0.0392. The molecule has 0 radical (unpaired) electrons. The van der Waals surface area contributed by atoms with Crippen molar-refractivity contribution in [3.8, 4) is 5.75 Å². The summed E-state index contributed by atoms with van der Waals surface area (Å²) in [6.07, 6.45) is 2.70. The Morgan fingerprint density at radius 3 is 2.50 bits per heavy atom. The molecule has 8 heteroatoms. The minimum atomic E-state index is -0.509. The summed E-state index contributed by atoms with van der Waals surface area (Å²) in [5, 5.41) is 25.2. The lowest BCUT2D eigenvalue weighted by Crippen LogP contribution is -2.31. The number of nitro benzene ring substituents is 1. The third kappa shape index (κ3) is 5.45. The Balaban J connectivity index is 1.83. The lowest BCUT2D eigenvalue weighted by Gasteiger charge is -2.08. The summed E-state index contributed by atoms with van der Waals surface area (Å²) < 4.78 is 0. The highest BCUT2D eigenvalue weighted by Gasteiger charge is 2.07. The van der Waals surface area contributed by atoms with Gasteiger partial charge in [0, 0.05) is 18.2 Å². The smallest absolute Gasteiger partial charge is 0.269 e. The molecule has 0 unspecified atom stereocenters. The third-order valence-corrected chi connectivity index (χ3v) is 3.38. The first-order valence-electron chi connectivity index (χ1n) is 7.65. The van der Waals surface area contributed by atoms with Gasteiger partial charge >= 0.3 is 0 Å². The fraction of sp³-hybridized carbons (Fsp3) is 0.111. The normalized spacial score (nSPS) is 10.5. The van der Waals surface area contributed by atoms with Crippen LogP contribution in [0, 0.1) is 17.0 Å². The predicted octanol–water partition coefficient (Wildman–Crippen LogP) is 2.38. The topological polar surface area (TPSA) is 122 Å². The molecule has 2 rings (SSSR count). The molecule has 2 aromatic rings. The van der Waals surface area contributed by atoms with Gasteiger partial charge in [-0.05, 0) is 48.4 Å². The molecule has 0 fully saturated rings. The molecule has 26 heavy (non-hydrogen) atoms. The summed E-state index contributed by atoms with van der Waals surface area (Å²) in [6, 6.07) is 10.5. The highest BCUT2D eigenvalue weighted by Crippen LogP contribution is 2.23. The molecule has 0 aliphatic carbocycles. The number of benzene rings is 2. The Kier molecular flexibility index (Phi) is 6.05. The average Bonchev–Trinajstić information content (AvgIpc) is 2.61. The van der Waals surface area contributed by atoms with Gasteiger partial charge in [0.25, 0.3) is 5.69 Å². The monoisotopic (exact) mass is 355 g/mol. The number of nitrogens with one attached hydrogen (secondary N) is 2. The molecule has 0 heterocycles. The van der Waals surface area contributed by atoms with Crippen LogP contribution in [0.1, 0.15) is 11.1 Å². The van der Waals surface area contributed by atoms with E-state index in [1.807, 2.05) is 6.92 Å². The average molecular weight is 355 g/mol. The van der Waals surface area contributed by atoms with E-state index in [1.54, 1.807) is 12.1 Å².